The summed E-state index contributed by atoms with van der Waals surface area (Å²) in [6, 6.07) is 9.68. The number of fused-ring (bicyclic) bond motifs is 2. The number of hydrogen-bond acceptors (Lipinski definition) is 7. The number of likely N-dealkylation sites (N-methyl/N-ethyl adjacent to an activating group) is 1. The van der Waals surface area contributed by atoms with Crippen molar-refractivity contribution in [2.24, 2.45) is 5.92 Å². The molecule has 2 aromatic carbocycles. The number of hydrogen-bond donors (Lipinski definition) is 2. The van der Waals surface area contributed by atoms with Crippen molar-refractivity contribution >= 4 is 28.1 Å². The van der Waals surface area contributed by atoms with E-state index < -0.39 is 0 Å². The van der Waals surface area contributed by atoms with E-state index in [2.05, 4.69) is 33.3 Å². The molecule has 1 aliphatic carbocycles. The van der Waals surface area contributed by atoms with E-state index in [-0.39, 0.29) is 12.4 Å². The molecule has 168 valence electrons. The fraction of sp³-hybridized carbons (Fsp3) is 0.440. The van der Waals surface area contributed by atoms with Crippen LogP contribution in [0.25, 0.3) is 22.2 Å². The molecular weight excluding hydrogens is 404 g/mol. The van der Waals surface area contributed by atoms with Gasteiger partial charge in [-0.3, -0.25) is 4.79 Å². The zero-order valence-corrected chi connectivity index (χ0v) is 18.7. The maximum absolute atomic E-state index is 13.6. The molecule has 2 heterocycles. The topological polar surface area (TPSA) is 81.8 Å². The molecule has 7 nitrogen and oxygen atoms in total. The Balaban J connectivity index is 1.62. The van der Waals surface area contributed by atoms with Crippen LogP contribution in [0.2, 0.25) is 0 Å². The van der Waals surface area contributed by atoms with Crippen LogP contribution in [0.3, 0.4) is 0 Å². The van der Waals surface area contributed by atoms with Gasteiger partial charge in [-0.15, -0.1) is 0 Å². The summed E-state index contributed by atoms with van der Waals surface area (Å²) in [5.41, 5.74) is 4.74. The molecule has 0 spiro atoms. The molecule has 1 atom stereocenters. The van der Waals surface area contributed by atoms with Gasteiger partial charge in [0.1, 0.15) is 5.52 Å². The van der Waals surface area contributed by atoms with Crippen LogP contribution < -0.4 is 10.2 Å². The van der Waals surface area contributed by atoms with Crippen molar-refractivity contribution in [2.75, 3.05) is 56.6 Å². The standard InChI is InChI=1S/C25H30N4O3/c1-16-6-5-10-29(15-16)20-14-19(26-9-11-28(2)12-13-30)21-22-23(20)27-32-25(22)18-8-4-3-7-17(18)24(21)31/h3-4,7-8,14,16,26,30H,5-6,9-13,15H2,1-2H3. The summed E-state index contributed by atoms with van der Waals surface area (Å²) in [4.78, 5) is 18.0. The molecule has 3 aromatic rings. The van der Waals surface area contributed by atoms with Gasteiger partial charge in [0.2, 0.25) is 0 Å². The first-order valence-electron chi connectivity index (χ1n) is 11.5. The third-order valence-electron chi connectivity index (χ3n) is 6.67. The van der Waals surface area contributed by atoms with Gasteiger partial charge < -0.3 is 24.7 Å². The van der Waals surface area contributed by atoms with Crippen LogP contribution in [0.1, 0.15) is 35.7 Å². The highest BCUT2D eigenvalue weighted by molar-refractivity contribution is 6.28. The second-order valence-electron chi connectivity index (χ2n) is 9.08. The Labute approximate surface area is 188 Å². The number of piperidine rings is 1. The molecule has 0 saturated carbocycles. The molecule has 2 N–H and O–H groups in total. The molecule has 2 aliphatic rings. The Hall–Kier alpha value is -2.90. The van der Waals surface area contributed by atoms with Crippen LogP contribution >= 0.6 is 0 Å². The molecule has 1 unspecified atom stereocenters. The van der Waals surface area contributed by atoms with E-state index in [9.17, 15) is 4.79 Å². The lowest BCUT2D eigenvalue weighted by molar-refractivity contribution is 0.104. The zero-order chi connectivity index (χ0) is 22.2. The van der Waals surface area contributed by atoms with Crippen molar-refractivity contribution in [1.29, 1.82) is 0 Å². The van der Waals surface area contributed by atoms with Crippen LogP contribution in [-0.4, -0.2) is 67.3 Å². The van der Waals surface area contributed by atoms with Gasteiger partial charge in [-0.05, 0) is 31.9 Å². The van der Waals surface area contributed by atoms with Crippen LogP contribution in [0.4, 0.5) is 11.4 Å². The second-order valence-corrected chi connectivity index (χ2v) is 9.08. The number of aliphatic hydroxyl groups is 1. The Bertz CT molecular complexity index is 1160. The first-order chi connectivity index (χ1) is 15.6. The lowest BCUT2D eigenvalue weighted by Crippen LogP contribution is -2.34. The number of aromatic nitrogens is 1. The van der Waals surface area contributed by atoms with Crippen LogP contribution in [-0.2, 0) is 0 Å². The summed E-state index contributed by atoms with van der Waals surface area (Å²) in [5, 5.41) is 18.0. The van der Waals surface area contributed by atoms with Gasteiger partial charge in [-0.25, -0.2) is 0 Å². The molecule has 0 amide bonds. The number of anilines is 2. The number of benzene rings is 2. The molecule has 1 fully saturated rings. The monoisotopic (exact) mass is 434 g/mol. The maximum Gasteiger partial charge on any atom is 0.196 e. The van der Waals surface area contributed by atoms with Crippen molar-refractivity contribution in [3.05, 3.63) is 41.5 Å². The van der Waals surface area contributed by atoms with Gasteiger partial charge in [0.25, 0.3) is 0 Å². The molecule has 1 saturated heterocycles. The number of aliphatic hydroxyl groups excluding tert-OH is 1. The van der Waals surface area contributed by atoms with Crippen molar-refractivity contribution < 1.29 is 14.4 Å². The molecular formula is C25H30N4O3. The highest BCUT2D eigenvalue weighted by Crippen LogP contribution is 2.46. The van der Waals surface area contributed by atoms with Gasteiger partial charge in [-0.2, -0.15) is 0 Å². The smallest absolute Gasteiger partial charge is 0.196 e. The summed E-state index contributed by atoms with van der Waals surface area (Å²) in [6.45, 7) is 6.40. The highest BCUT2D eigenvalue weighted by Gasteiger charge is 2.34. The van der Waals surface area contributed by atoms with Crippen molar-refractivity contribution in [2.45, 2.75) is 19.8 Å². The number of carbonyl (C=O) groups excluding carboxylic acids is 1. The normalized spacial score (nSPS) is 17.8. The Morgan fingerprint density at radius 3 is 2.88 bits per heavy atom. The number of carbonyl (C=O) groups is 1. The van der Waals surface area contributed by atoms with Gasteiger partial charge >= 0.3 is 0 Å². The predicted octanol–water partition coefficient (Wildman–Crippen LogP) is 3.61. The van der Waals surface area contributed by atoms with E-state index in [1.54, 1.807) is 0 Å². The minimum absolute atomic E-state index is 0.00563. The molecule has 0 bridgehead atoms. The molecule has 32 heavy (non-hydrogen) atoms. The Morgan fingerprint density at radius 1 is 1.28 bits per heavy atom. The SMILES string of the molecule is CC1CCCN(c2cc(NCCN(C)CCO)c3c4c(onc24)-c2ccccc2C3=O)C1. The van der Waals surface area contributed by atoms with Crippen molar-refractivity contribution in [3.63, 3.8) is 0 Å². The van der Waals surface area contributed by atoms with E-state index in [0.717, 1.165) is 53.9 Å². The van der Waals surface area contributed by atoms with Crippen molar-refractivity contribution in [1.82, 2.24) is 10.1 Å². The second kappa shape index (κ2) is 8.56. The summed E-state index contributed by atoms with van der Waals surface area (Å²) >= 11 is 0. The zero-order valence-electron chi connectivity index (χ0n) is 18.7. The summed E-state index contributed by atoms with van der Waals surface area (Å²) < 4.78 is 5.87. The van der Waals surface area contributed by atoms with E-state index in [4.69, 9.17) is 9.63 Å². The maximum atomic E-state index is 13.6. The minimum atomic E-state index is 0.00563. The first-order valence-corrected chi connectivity index (χ1v) is 11.5. The van der Waals surface area contributed by atoms with E-state index >= 15 is 0 Å². The first kappa shape index (κ1) is 21.0. The third kappa shape index (κ3) is 3.55. The Morgan fingerprint density at radius 2 is 2.09 bits per heavy atom. The van der Waals surface area contributed by atoms with Gasteiger partial charge in [0, 0.05) is 49.5 Å². The van der Waals surface area contributed by atoms with Crippen LogP contribution in [0.5, 0.6) is 0 Å². The summed E-state index contributed by atoms with van der Waals surface area (Å²) in [7, 11) is 1.98. The van der Waals surface area contributed by atoms with Crippen LogP contribution in [0, 0.1) is 5.92 Å². The number of nitrogens with zero attached hydrogens (tertiary/aromatic N) is 3. The fourth-order valence-electron chi connectivity index (χ4n) is 4.99. The van der Waals surface area contributed by atoms with Gasteiger partial charge in [0.15, 0.2) is 11.5 Å². The number of ketones is 1. The molecule has 1 aliphatic heterocycles. The average Bonchev–Trinajstić information content (AvgIpc) is 3.23. The molecule has 0 radical (unpaired) electrons. The lowest BCUT2D eigenvalue weighted by atomic mass is 9.86. The fourth-order valence-corrected chi connectivity index (χ4v) is 4.99. The van der Waals surface area contributed by atoms with E-state index in [1.807, 2.05) is 31.3 Å². The van der Waals surface area contributed by atoms with Crippen LogP contribution in [0.15, 0.2) is 34.9 Å². The minimum Gasteiger partial charge on any atom is -0.395 e. The molecule has 1 aromatic heterocycles. The Kier molecular flexibility index (Phi) is 5.61. The van der Waals surface area contributed by atoms with Crippen molar-refractivity contribution in [3.8, 4) is 11.3 Å². The van der Waals surface area contributed by atoms with E-state index in [0.29, 0.717) is 35.9 Å². The summed E-state index contributed by atoms with van der Waals surface area (Å²) in [6.07, 6.45) is 2.38. The average molecular weight is 435 g/mol. The quantitative estimate of drug-likeness (QED) is 0.460. The van der Waals surface area contributed by atoms with Gasteiger partial charge in [-0.1, -0.05) is 36.3 Å². The number of nitrogens with one attached hydrogen (secondary N) is 1. The largest absolute Gasteiger partial charge is 0.395 e. The molecule has 5 rings (SSSR count). The number of rotatable bonds is 7. The van der Waals surface area contributed by atoms with Gasteiger partial charge in [0.05, 0.1) is 23.2 Å². The third-order valence-corrected chi connectivity index (χ3v) is 6.67. The predicted molar refractivity (Wildman–Crippen MR) is 127 cm³/mol. The lowest BCUT2D eigenvalue weighted by Gasteiger charge is -2.33. The molecule has 7 heteroatoms. The van der Waals surface area contributed by atoms with E-state index in [1.165, 1.54) is 6.42 Å². The summed E-state index contributed by atoms with van der Waals surface area (Å²) in [5.74, 6) is 1.30. The highest BCUT2D eigenvalue weighted by atomic mass is 16.5.